The summed E-state index contributed by atoms with van der Waals surface area (Å²) in [6, 6.07) is 28.3. The van der Waals surface area contributed by atoms with Crippen LogP contribution in [0.4, 0.5) is 0 Å². The minimum absolute atomic E-state index is 0.430. The van der Waals surface area contributed by atoms with E-state index < -0.39 is 11.9 Å². The fourth-order valence-electron chi connectivity index (χ4n) is 2.81. The Bertz CT molecular complexity index is 1040. The Morgan fingerprint density at radius 3 is 1.29 bits per heavy atom. The summed E-state index contributed by atoms with van der Waals surface area (Å²) >= 11 is 0. The molecule has 4 heteroatoms. The molecule has 4 nitrogen and oxygen atoms in total. The first-order valence-electron chi connectivity index (χ1n) is 8.77. The average molecular weight is 368 g/mol. The lowest BCUT2D eigenvalue weighted by Gasteiger charge is -2.07. The highest BCUT2D eigenvalue weighted by Gasteiger charge is 2.12. The van der Waals surface area contributed by atoms with Gasteiger partial charge < -0.3 is 9.47 Å². The van der Waals surface area contributed by atoms with Gasteiger partial charge in [-0.05, 0) is 59.3 Å². The van der Waals surface area contributed by atoms with E-state index in [9.17, 15) is 9.59 Å². The summed E-state index contributed by atoms with van der Waals surface area (Å²) in [4.78, 5) is 24.7. The lowest BCUT2D eigenvalue weighted by molar-refractivity contribution is 0.0725. The number of benzene rings is 4. The molecule has 0 N–H and O–H groups in total. The summed E-state index contributed by atoms with van der Waals surface area (Å²) in [5, 5.41) is 1.66. The SMILES string of the molecule is O=C(Oc1ccccc1)c1ccc2cc(C(=O)Oc3ccccc3)ccc2c1. The highest BCUT2D eigenvalue weighted by Crippen LogP contribution is 2.21. The van der Waals surface area contributed by atoms with Gasteiger partial charge in [-0.25, -0.2) is 9.59 Å². The third kappa shape index (κ3) is 3.91. The van der Waals surface area contributed by atoms with Crippen molar-refractivity contribution in [2.45, 2.75) is 0 Å². The number of hydrogen-bond donors (Lipinski definition) is 0. The van der Waals surface area contributed by atoms with Crippen LogP contribution in [0.25, 0.3) is 10.8 Å². The molecule has 4 rings (SSSR count). The maximum atomic E-state index is 12.3. The quantitative estimate of drug-likeness (QED) is 0.363. The van der Waals surface area contributed by atoms with Gasteiger partial charge in [-0.3, -0.25) is 0 Å². The minimum Gasteiger partial charge on any atom is -0.423 e. The number of esters is 2. The average Bonchev–Trinajstić information content (AvgIpc) is 2.74. The van der Waals surface area contributed by atoms with Gasteiger partial charge in [0.2, 0.25) is 0 Å². The van der Waals surface area contributed by atoms with Crippen molar-refractivity contribution in [1.29, 1.82) is 0 Å². The fourth-order valence-corrected chi connectivity index (χ4v) is 2.81. The Hall–Kier alpha value is -3.92. The molecule has 0 saturated carbocycles. The van der Waals surface area contributed by atoms with Gasteiger partial charge in [0.05, 0.1) is 11.1 Å². The van der Waals surface area contributed by atoms with E-state index in [1.54, 1.807) is 84.9 Å². The molecule has 0 spiro atoms. The van der Waals surface area contributed by atoms with Crippen LogP contribution in [0.1, 0.15) is 20.7 Å². The smallest absolute Gasteiger partial charge is 0.343 e. The van der Waals surface area contributed by atoms with Crippen LogP contribution < -0.4 is 9.47 Å². The molecule has 0 aliphatic rings. The highest BCUT2D eigenvalue weighted by molar-refractivity contribution is 5.99. The molecule has 0 bridgehead atoms. The largest absolute Gasteiger partial charge is 0.423 e. The Morgan fingerprint density at radius 2 is 0.893 bits per heavy atom. The molecule has 136 valence electrons. The van der Waals surface area contributed by atoms with Gasteiger partial charge in [0.25, 0.3) is 0 Å². The summed E-state index contributed by atoms with van der Waals surface area (Å²) in [6.45, 7) is 0. The molecule has 0 aromatic heterocycles. The van der Waals surface area contributed by atoms with E-state index in [0.29, 0.717) is 22.6 Å². The van der Waals surface area contributed by atoms with Crippen LogP contribution in [0.5, 0.6) is 11.5 Å². The third-order valence-electron chi connectivity index (χ3n) is 4.22. The van der Waals surface area contributed by atoms with Crippen molar-refractivity contribution < 1.29 is 19.1 Å². The number of carbonyl (C=O) groups excluding carboxylic acids is 2. The minimum atomic E-state index is -0.430. The maximum absolute atomic E-state index is 12.3. The summed E-state index contributed by atoms with van der Waals surface area (Å²) in [5.41, 5.74) is 0.881. The van der Waals surface area contributed by atoms with Crippen molar-refractivity contribution in [3.8, 4) is 11.5 Å². The fraction of sp³-hybridized carbons (Fsp3) is 0. The van der Waals surface area contributed by atoms with E-state index in [4.69, 9.17) is 9.47 Å². The lowest BCUT2D eigenvalue weighted by atomic mass is 10.0. The standard InChI is InChI=1S/C24H16O4/c25-23(27-21-7-3-1-4-8-21)19-13-11-18-16-20(14-12-17(18)15-19)24(26)28-22-9-5-2-6-10-22/h1-16H. The Balaban J connectivity index is 1.54. The molecule has 28 heavy (non-hydrogen) atoms. The topological polar surface area (TPSA) is 52.6 Å². The number of hydrogen-bond acceptors (Lipinski definition) is 4. The van der Waals surface area contributed by atoms with E-state index in [1.807, 2.05) is 12.1 Å². The number of fused-ring (bicyclic) bond motifs is 1. The van der Waals surface area contributed by atoms with Gasteiger partial charge in [0, 0.05) is 0 Å². The summed E-state index contributed by atoms with van der Waals surface area (Å²) in [5.74, 6) is 0.125. The van der Waals surface area contributed by atoms with Gasteiger partial charge in [0.1, 0.15) is 11.5 Å². The van der Waals surface area contributed by atoms with Crippen LogP contribution in [-0.2, 0) is 0 Å². The predicted octanol–water partition coefficient (Wildman–Crippen LogP) is 5.28. The second-order valence-electron chi connectivity index (χ2n) is 6.18. The number of carbonyl (C=O) groups is 2. The molecule has 0 heterocycles. The van der Waals surface area contributed by atoms with Crippen LogP contribution in [0.2, 0.25) is 0 Å². The zero-order valence-corrected chi connectivity index (χ0v) is 14.9. The number of ether oxygens (including phenoxy) is 2. The van der Waals surface area contributed by atoms with Crippen molar-refractivity contribution in [3.63, 3.8) is 0 Å². The van der Waals surface area contributed by atoms with E-state index >= 15 is 0 Å². The Morgan fingerprint density at radius 1 is 0.500 bits per heavy atom. The number of para-hydroxylation sites is 2. The summed E-state index contributed by atoms with van der Waals surface area (Å²) in [7, 11) is 0. The van der Waals surface area contributed by atoms with Crippen molar-refractivity contribution in [2.24, 2.45) is 0 Å². The molecule has 0 aliphatic heterocycles. The Labute approximate surface area is 162 Å². The van der Waals surface area contributed by atoms with Crippen molar-refractivity contribution in [3.05, 3.63) is 108 Å². The summed E-state index contributed by atoms with van der Waals surface area (Å²) < 4.78 is 10.7. The van der Waals surface area contributed by atoms with Gasteiger partial charge in [-0.2, -0.15) is 0 Å². The molecule has 0 saturated heterocycles. The normalized spacial score (nSPS) is 10.4. The second kappa shape index (κ2) is 7.76. The molecule has 0 fully saturated rings. The van der Waals surface area contributed by atoms with Crippen LogP contribution in [0, 0.1) is 0 Å². The van der Waals surface area contributed by atoms with Crippen LogP contribution in [-0.4, -0.2) is 11.9 Å². The van der Waals surface area contributed by atoms with Crippen molar-refractivity contribution in [1.82, 2.24) is 0 Å². The van der Waals surface area contributed by atoms with Gasteiger partial charge >= 0.3 is 11.9 Å². The van der Waals surface area contributed by atoms with Gasteiger partial charge in [-0.15, -0.1) is 0 Å². The molecule has 0 unspecified atom stereocenters. The first-order chi connectivity index (χ1) is 13.7. The number of rotatable bonds is 4. The monoisotopic (exact) mass is 368 g/mol. The van der Waals surface area contributed by atoms with Gasteiger partial charge in [-0.1, -0.05) is 48.5 Å². The zero-order chi connectivity index (χ0) is 19.3. The predicted molar refractivity (Wildman–Crippen MR) is 107 cm³/mol. The first-order valence-corrected chi connectivity index (χ1v) is 8.77. The van der Waals surface area contributed by atoms with E-state index in [-0.39, 0.29) is 0 Å². The molecule has 0 aliphatic carbocycles. The molecule has 0 atom stereocenters. The van der Waals surface area contributed by atoms with Crippen molar-refractivity contribution in [2.75, 3.05) is 0 Å². The molecular weight excluding hydrogens is 352 g/mol. The maximum Gasteiger partial charge on any atom is 0.343 e. The third-order valence-corrected chi connectivity index (χ3v) is 4.22. The molecule has 4 aromatic carbocycles. The van der Waals surface area contributed by atoms with E-state index in [1.165, 1.54) is 0 Å². The molecular formula is C24H16O4. The van der Waals surface area contributed by atoms with Gasteiger partial charge in [0.15, 0.2) is 0 Å². The molecule has 0 radical (unpaired) electrons. The van der Waals surface area contributed by atoms with Crippen LogP contribution in [0.3, 0.4) is 0 Å². The molecule has 0 amide bonds. The van der Waals surface area contributed by atoms with E-state index in [0.717, 1.165) is 10.8 Å². The Kier molecular flexibility index (Phi) is 4.85. The van der Waals surface area contributed by atoms with Crippen LogP contribution >= 0.6 is 0 Å². The zero-order valence-electron chi connectivity index (χ0n) is 14.9. The van der Waals surface area contributed by atoms with Crippen LogP contribution in [0.15, 0.2) is 97.1 Å². The lowest BCUT2D eigenvalue weighted by Crippen LogP contribution is -2.09. The summed E-state index contributed by atoms with van der Waals surface area (Å²) in [6.07, 6.45) is 0. The van der Waals surface area contributed by atoms with Crippen molar-refractivity contribution >= 4 is 22.7 Å². The molecule has 4 aromatic rings. The second-order valence-corrected chi connectivity index (χ2v) is 6.18. The van der Waals surface area contributed by atoms with E-state index in [2.05, 4.69) is 0 Å². The highest BCUT2D eigenvalue weighted by atomic mass is 16.5. The first kappa shape index (κ1) is 17.5.